The molecule has 2 aromatic carbocycles. The quantitative estimate of drug-likeness (QED) is 0.864. The maximum Gasteiger partial charge on any atom is 0.505 e. The highest BCUT2D eigenvalue weighted by Gasteiger charge is 2.23. The Hall–Kier alpha value is -2.69. The van der Waals surface area contributed by atoms with E-state index in [0.29, 0.717) is 6.54 Å². The third kappa shape index (κ3) is 2.25. The predicted molar refractivity (Wildman–Crippen MR) is 73.9 cm³/mol. The number of fused-ring (bicyclic) bond motifs is 2. The minimum Gasteiger partial charge on any atom is -0.453 e. The Morgan fingerprint density at radius 2 is 1.60 bits per heavy atom. The number of hydrogen-bond donors (Lipinski definition) is 1. The molecular formula is C15H13NO4. The molecule has 1 aliphatic heterocycles. The average Bonchev–Trinajstić information content (AvgIpc) is 2.46. The van der Waals surface area contributed by atoms with Gasteiger partial charge in [-0.3, -0.25) is 0 Å². The summed E-state index contributed by atoms with van der Waals surface area (Å²) in [5.74, 6) is 1.50. The normalized spacial score (nSPS) is 12.1. The first-order valence-corrected chi connectivity index (χ1v) is 6.25. The van der Waals surface area contributed by atoms with Crippen LogP contribution in [0.4, 0.5) is 16.2 Å². The van der Waals surface area contributed by atoms with Crippen molar-refractivity contribution in [1.82, 2.24) is 0 Å². The Kier molecular flexibility index (Phi) is 3.16. The average molecular weight is 271 g/mol. The zero-order chi connectivity index (χ0) is 13.9. The number of ether oxygens (including phenoxy) is 2. The number of nitrogens with zero attached hydrogens (tertiary/aromatic N) is 1. The summed E-state index contributed by atoms with van der Waals surface area (Å²) < 4.78 is 10.4. The third-order valence-electron chi connectivity index (χ3n) is 3.07. The van der Waals surface area contributed by atoms with E-state index >= 15 is 0 Å². The SMILES string of the molecule is O=C(O)OCCN1c2ccccc2Oc2ccccc21. The molecule has 5 heteroatoms. The second-order valence-corrected chi connectivity index (χ2v) is 4.30. The summed E-state index contributed by atoms with van der Waals surface area (Å²) in [7, 11) is 0. The zero-order valence-corrected chi connectivity index (χ0v) is 10.7. The Morgan fingerprint density at radius 3 is 2.15 bits per heavy atom. The lowest BCUT2D eigenvalue weighted by molar-refractivity contribution is 0.0943. The Labute approximate surface area is 116 Å². The standard InChI is InChI=1S/C15H13NO4/c17-15(18)19-10-9-16-11-5-1-3-7-13(11)20-14-8-4-2-6-12(14)16/h1-8H,9-10H2,(H,17,18). The predicted octanol–water partition coefficient (Wildman–Crippen LogP) is 3.63. The van der Waals surface area contributed by atoms with Crippen LogP contribution in [-0.4, -0.2) is 24.4 Å². The maximum absolute atomic E-state index is 10.5. The first-order valence-electron chi connectivity index (χ1n) is 6.25. The fourth-order valence-corrected chi connectivity index (χ4v) is 2.25. The van der Waals surface area contributed by atoms with Crippen LogP contribution in [0.15, 0.2) is 48.5 Å². The van der Waals surface area contributed by atoms with Gasteiger partial charge in [-0.2, -0.15) is 0 Å². The van der Waals surface area contributed by atoms with Crippen molar-refractivity contribution in [2.24, 2.45) is 0 Å². The number of carboxylic acid groups (broad SMARTS) is 1. The lowest BCUT2D eigenvalue weighted by Gasteiger charge is -2.32. The number of hydrogen-bond acceptors (Lipinski definition) is 4. The molecule has 0 atom stereocenters. The van der Waals surface area contributed by atoms with Gasteiger partial charge in [0.15, 0.2) is 11.5 Å². The minimum absolute atomic E-state index is 0.0952. The Balaban J connectivity index is 1.93. The smallest absolute Gasteiger partial charge is 0.453 e. The molecule has 0 unspecified atom stereocenters. The molecular weight excluding hydrogens is 258 g/mol. The van der Waals surface area contributed by atoms with Gasteiger partial charge in [0.2, 0.25) is 0 Å². The molecule has 5 nitrogen and oxygen atoms in total. The summed E-state index contributed by atoms with van der Waals surface area (Å²) in [6.45, 7) is 0.529. The summed E-state index contributed by atoms with van der Waals surface area (Å²) in [6.07, 6.45) is -1.26. The molecule has 0 bridgehead atoms. The van der Waals surface area contributed by atoms with Gasteiger partial charge in [-0.05, 0) is 24.3 Å². The van der Waals surface area contributed by atoms with E-state index in [-0.39, 0.29) is 6.61 Å². The molecule has 0 fully saturated rings. The van der Waals surface area contributed by atoms with Crippen LogP contribution in [0.3, 0.4) is 0 Å². The van der Waals surface area contributed by atoms with E-state index in [9.17, 15) is 4.79 Å². The van der Waals surface area contributed by atoms with Crippen molar-refractivity contribution in [3.05, 3.63) is 48.5 Å². The first kappa shape index (κ1) is 12.3. The lowest BCUT2D eigenvalue weighted by atomic mass is 10.1. The number of rotatable bonds is 3. The van der Waals surface area contributed by atoms with Crippen molar-refractivity contribution in [3.8, 4) is 11.5 Å². The van der Waals surface area contributed by atoms with Crippen molar-refractivity contribution in [1.29, 1.82) is 0 Å². The van der Waals surface area contributed by atoms with E-state index in [1.54, 1.807) is 0 Å². The molecule has 2 aromatic rings. The number of carbonyl (C=O) groups is 1. The van der Waals surface area contributed by atoms with Gasteiger partial charge in [-0.1, -0.05) is 24.3 Å². The third-order valence-corrected chi connectivity index (χ3v) is 3.07. The van der Waals surface area contributed by atoms with E-state index in [2.05, 4.69) is 4.74 Å². The van der Waals surface area contributed by atoms with Gasteiger partial charge in [0.25, 0.3) is 0 Å². The molecule has 1 aliphatic rings. The summed E-state index contributed by atoms with van der Waals surface area (Å²) in [6, 6.07) is 15.3. The molecule has 0 saturated carbocycles. The largest absolute Gasteiger partial charge is 0.505 e. The van der Waals surface area contributed by atoms with Crippen LogP contribution in [0.1, 0.15) is 0 Å². The molecule has 0 aromatic heterocycles. The van der Waals surface area contributed by atoms with Gasteiger partial charge in [0, 0.05) is 0 Å². The summed E-state index contributed by atoms with van der Waals surface area (Å²) in [5.41, 5.74) is 1.81. The van der Waals surface area contributed by atoms with E-state index in [4.69, 9.17) is 9.84 Å². The van der Waals surface area contributed by atoms with Crippen LogP contribution in [0.25, 0.3) is 0 Å². The highest BCUT2D eigenvalue weighted by atomic mass is 16.7. The monoisotopic (exact) mass is 271 g/mol. The van der Waals surface area contributed by atoms with Crippen molar-refractivity contribution >= 4 is 17.5 Å². The van der Waals surface area contributed by atoms with Gasteiger partial charge in [-0.25, -0.2) is 4.79 Å². The van der Waals surface area contributed by atoms with E-state index in [1.807, 2.05) is 53.4 Å². The Bertz CT molecular complexity index is 596. The van der Waals surface area contributed by atoms with Crippen LogP contribution < -0.4 is 9.64 Å². The highest BCUT2D eigenvalue weighted by molar-refractivity contribution is 5.77. The molecule has 0 amide bonds. The van der Waals surface area contributed by atoms with Crippen molar-refractivity contribution in [2.45, 2.75) is 0 Å². The van der Waals surface area contributed by atoms with Crippen LogP contribution in [-0.2, 0) is 4.74 Å². The van der Waals surface area contributed by atoms with Crippen molar-refractivity contribution in [2.75, 3.05) is 18.1 Å². The van der Waals surface area contributed by atoms with Gasteiger partial charge >= 0.3 is 6.16 Å². The topological polar surface area (TPSA) is 59.0 Å². The number of benzene rings is 2. The fourth-order valence-electron chi connectivity index (χ4n) is 2.25. The fraction of sp³-hybridized carbons (Fsp3) is 0.133. The molecule has 3 rings (SSSR count). The molecule has 0 saturated heterocycles. The maximum atomic E-state index is 10.5. The second-order valence-electron chi connectivity index (χ2n) is 4.30. The van der Waals surface area contributed by atoms with E-state index in [1.165, 1.54) is 0 Å². The van der Waals surface area contributed by atoms with Crippen LogP contribution in [0.2, 0.25) is 0 Å². The van der Waals surface area contributed by atoms with Gasteiger partial charge in [0.05, 0.1) is 17.9 Å². The minimum atomic E-state index is -1.26. The molecule has 0 spiro atoms. The van der Waals surface area contributed by atoms with E-state index < -0.39 is 6.16 Å². The zero-order valence-electron chi connectivity index (χ0n) is 10.7. The molecule has 1 heterocycles. The first-order chi connectivity index (χ1) is 9.75. The lowest BCUT2D eigenvalue weighted by Crippen LogP contribution is -2.26. The van der Waals surface area contributed by atoms with Gasteiger partial charge in [-0.15, -0.1) is 0 Å². The van der Waals surface area contributed by atoms with Gasteiger partial charge < -0.3 is 19.5 Å². The van der Waals surface area contributed by atoms with Crippen LogP contribution in [0, 0.1) is 0 Å². The summed E-state index contributed by atoms with van der Waals surface area (Å²) in [5, 5.41) is 8.57. The summed E-state index contributed by atoms with van der Waals surface area (Å²) >= 11 is 0. The van der Waals surface area contributed by atoms with Gasteiger partial charge in [0.1, 0.15) is 6.61 Å². The highest BCUT2D eigenvalue weighted by Crippen LogP contribution is 2.45. The molecule has 1 N–H and O–H groups in total. The van der Waals surface area contributed by atoms with Crippen LogP contribution in [0.5, 0.6) is 11.5 Å². The number of para-hydroxylation sites is 4. The second kappa shape index (κ2) is 5.13. The number of anilines is 2. The van der Waals surface area contributed by atoms with Crippen molar-refractivity contribution < 1.29 is 19.4 Å². The van der Waals surface area contributed by atoms with E-state index in [0.717, 1.165) is 22.9 Å². The molecule has 102 valence electrons. The van der Waals surface area contributed by atoms with Crippen molar-refractivity contribution in [3.63, 3.8) is 0 Å². The molecule has 20 heavy (non-hydrogen) atoms. The summed E-state index contributed by atoms with van der Waals surface area (Å²) in [4.78, 5) is 12.5. The molecule has 0 radical (unpaired) electrons. The van der Waals surface area contributed by atoms with Crippen LogP contribution >= 0.6 is 0 Å². The Morgan fingerprint density at radius 1 is 1.05 bits per heavy atom. The molecule has 0 aliphatic carbocycles.